The van der Waals surface area contributed by atoms with Gasteiger partial charge in [-0.25, -0.2) is 0 Å². The van der Waals surface area contributed by atoms with Crippen molar-refractivity contribution in [2.75, 3.05) is 21.1 Å². The summed E-state index contributed by atoms with van der Waals surface area (Å²) in [6, 6.07) is 0. The van der Waals surface area contributed by atoms with E-state index in [9.17, 15) is 14.7 Å². The lowest BCUT2D eigenvalue weighted by Crippen LogP contribution is -2.54. The lowest BCUT2D eigenvalue weighted by molar-refractivity contribution is -0.153. The van der Waals surface area contributed by atoms with E-state index in [1.165, 1.54) is 0 Å². The van der Waals surface area contributed by atoms with Crippen LogP contribution in [-0.2, 0) is 9.59 Å². The molecule has 0 atom stereocenters. The number of hydrogen-bond acceptors (Lipinski definition) is 3. The fourth-order valence-corrected chi connectivity index (χ4v) is 2.41. The number of amides is 1. The average Bonchev–Trinajstić information content (AvgIpc) is 2.27. The Labute approximate surface area is 95.8 Å². The van der Waals surface area contributed by atoms with Gasteiger partial charge >= 0.3 is 5.97 Å². The van der Waals surface area contributed by atoms with E-state index in [1.54, 1.807) is 26.0 Å². The summed E-state index contributed by atoms with van der Waals surface area (Å²) in [5.41, 5.74) is -0.787. The first-order valence-electron chi connectivity index (χ1n) is 5.56. The molecule has 2 N–H and O–H groups in total. The Bertz CT molecular complexity index is 281. The van der Waals surface area contributed by atoms with E-state index >= 15 is 0 Å². The smallest absolute Gasteiger partial charge is 0.324 e. The first-order chi connectivity index (χ1) is 7.44. The molecule has 0 aromatic heterocycles. The van der Waals surface area contributed by atoms with Gasteiger partial charge in [0.15, 0.2) is 0 Å². The molecule has 0 heterocycles. The number of carboxylic acids is 1. The molecule has 0 aromatic rings. The molecule has 0 aromatic carbocycles. The molecule has 1 saturated carbocycles. The molecule has 1 aliphatic carbocycles. The Morgan fingerprint density at radius 1 is 1.31 bits per heavy atom. The van der Waals surface area contributed by atoms with E-state index in [4.69, 9.17) is 0 Å². The monoisotopic (exact) mass is 228 g/mol. The molecule has 1 aliphatic rings. The first-order valence-corrected chi connectivity index (χ1v) is 5.56. The number of carboxylic acid groups (broad SMARTS) is 1. The van der Waals surface area contributed by atoms with Crippen LogP contribution in [0, 0.1) is 5.92 Å². The van der Waals surface area contributed by atoms with E-state index in [0.29, 0.717) is 25.7 Å². The van der Waals surface area contributed by atoms with E-state index in [0.717, 1.165) is 0 Å². The third-order valence-corrected chi connectivity index (χ3v) is 3.68. The first kappa shape index (κ1) is 13.0. The summed E-state index contributed by atoms with van der Waals surface area (Å²) >= 11 is 0. The van der Waals surface area contributed by atoms with Crippen molar-refractivity contribution in [3.63, 3.8) is 0 Å². The van der Waals surface area contributed by atoms with E-state index in [1.807, 2.05) is 0 Å². The van der Waals surface area contributed by atoms with Crippen LogP contribution >= 0.6 is 0 Å². The molecule has 1 amide bonds. The molecule has 0 radical (unpaired) electrons. The quantitative estimate of drug-likeness (QED) is 0.729. The zero-order chi connectivity index (χ0) is 12.3. The van der Waals surface area contributed by atoms with Crippen molar-refractivity contribution in [1.29, 1.82) is 0 Å². The van der Waals surface area contributed by atoms with Gasteiger partial charge in [-0.2, -0.15) is 0 Å². The fourth-order valence-electron chi connectivity index (χ4n) is 2.41. The van der Waals surface area contributed by atoms with Gasteiger partial charge in [0.1, 0.15) is 5.54 Å². The minimum Gasteiger partial charge on any atom is -0.480 e. The molecule has 1 fully saturated rings. The van der Waals surface area contributed by atoms with Gasteiger partial charge in [0.25, 0.3) is 0 Å². The van der Waals surface area contributed by atoms with Gasteiger partial charge < -0.3 is 10.4 Å². The highest BCUT2D eigenvalue weighted by atomic mass is 16.4. The number of nitrogens with zero attached hydrogens (tertiary/aromatic N) is 1. The summed E-state index contributed by atoms with van der Waals surface area (Å²) < 4.78 is 0. The maximum atomic E-state index is 11.4. The van der Waals surface area contributed by atoms with Crippen LogP contribution < -0.4 is 5.32 Å². The van der Waals surface area contributed by atoms with Gasteiger partial charge in [0.05, 0.1) is 0 Å². The molecule has 0 saturated heterocycles. The van der Waals surface area contributed by atoms with E-state index in [-0.39, 0.29) is 11.8 Å². The Hall–Kier alpha value is -1.10. The van der Waals surface area contributed by atoms with Gasteiger partial charge in [-0.1, -0.05) is 0 Å². The minimum atomic E-state index is -0.787. The van der Waals surface area contributed by atoms with Crippen LogP contribution in [-0.4, -0.2) is 48.6 Å². The summed E-state index contributed by atoms with van der Waals surface area (Å²) in [6.07, 6.45) is 2.36. The molecular formula is C11H20N2O3. The standard InChI is InChI=1S/C11H20N2O3/c1-12-9(14)8-4-6-11(7-5-8,10(15)16)13(2)3/h8H,4-7H2,1-3H3,(H,12,14)(H,15,16). The molecule has 92 valence electrons. The van der Waals surface area contributed by atoms with Crippen molar-refractivity contribution >= 4 is 11.9 Å². The predicted octanol–water partition coefficient (Wildman–Crippen LogP) is 0.308. The minimum absolute atomic E-state index is 0.0257. The van der Waals surface area contributed by atoms with Gasteiger partial charge in [-0.05, 0) is 39.8 Å². The van der Waals surface area contributed by atoms with Gasteiger partial charge in [-0.3, -0.25) is 14.5 Å². The van der Waals surface area contributed by atoms with E-state index in [2.05, 4.69) is 5.32 Å². The van der Waals surface area contributed by atoms with Crippen molar-refractivity contribution in [2.24, 2.45) is 5.92 Å². The SMILES string of the molecule is CNC(=O)C1CCC(C(=O)O)(N(C)C)CC1. The maximum absolute atomic E-state index is 11.4. The van der Waals surface area contributed by atoms with Gasteiger partial charge in [0, 0.05) is 13.0 Å². The summed E-state index contributed by atoms with van der Waals surface area (Å²) in [5, 5.41) is 11.9. The zero-order valence-electron chi connectivity index (χ0n) is 10.1. The second-order valence-corrected chi connectivity index (χ2v) is 4.62. The lowest BCUT2D eigenvalue weighted by atomic mass is 9.75. The molecule has 0 aliphatic heterocycles. The highest BCUT2D eigenvalue weighted by Gasteiger charge is 2.44. The van der Waals surface area contributed by atoms with Crippen LogP contribution in [0.15, 0.2) is 0 Å². The number of nitrogens with one attached hydrogen (secondary N) is 1. The van der Waals surface area contributed by atoms with Gasteiger partial charge in [-0.15, -0.1) is 0 Å². The van der Waals surface area contributed by atoms with Crippen molar-refractivity contribution in [3.8, 4) is 0 Å². The zero-order valence-corrected chi connectivity index (χ0v) is 10.1. The number of likely N-dealkylation sites (N-methyl/N-ethyl adjacent to an activating group) is 1. The molecule has 1 rings (SSSR count). The van der Waals surface area contributed by atoms with Crippen molar-refractivity contribution in [3.05, 3.63) is 0 Å². The molecule has 5 nitrogen and oxygen atoms in total. The molecule has 5 heteroatoms. The second kappa shape index (κ2) is 4.82. The van der Waals surface area contributed by atoms with Crippen LogP contribution in [0.3, 0.4) is 0 Å². The summed E-state index contributed by atoms with van der Waals surface area (Å²) in [6.45, 7) is 0. The summed E-state index contributed by atoms with van der Waals surface area (Å²) in [4.78, 5) is 24.5. The number of carbonyl (C=O) groups excluding carboxylic acids is 1. The highest BCUT2D eigenvalue weighted by Crippen LogP contribution is 2.35. The van der Waals surface area contributed by atoms with Crippen LogP contribution in [0.5, 0.6) is 0 Å². The largest absolute Gasteiger partial charge is 0.480 e. The highest BCUT2D eigenvalue weighted by molar-refractivity contribution is 5.81. The van der Waals surface area contributed by atoms with Crippen LogP contribution in [0.4, 0.5) is 0 Å². The van der Waals surface area contributed by atoms with Crippen molar-refractivity contribution in [2.45, 2.75) is 31.2 Å². The summed E-state index contributed by atoms with van der Waals surface area (Å²) in [7, 11) is 5.19. The number of carbonyl (C=O) groups is 2. The topological polar surface area (TPSA) is 69.6 Å². The number of hydrogen-bond donors (Lipinski definition) is 2. The average molecular weight is 228 g/mol. The fraction of sp³-hybridized carbons (Fsp3) is 0.818. The Morgan fingerprint density at radius 2 is 1.81 bits per heavy atom. The number of aliphatic carboxylic acids is 1. The third-order valence-electron chi connectivity index (χ3n) is 3.68. The third kappa shape index (κ3) is 2.19. The van der Waals surface area contributed by atoms with Crippen LogP contribution in [0.2, 0.25) is 0 Å². The normalized spacial score (nSPS) is 30.1. The molecule has 0 bridgehead atoms. The maximum Gasteiger partial charge on any atom is 0.324 e. The van der Waals surface area contributed by atoms with Crippen LogP contribution in [0.25, 0.3) is 0 Å². The molecular weight excluding hydrogens is 208 g/mol. The molecule has 0 spiro atoms. The molecule has 16 heavy (non-hydrogen) atoms. The van der Waals surface area contributed by atoms with E-state index < -0.39 is 11.5 Å². The Balaban J connectivity index is 2.71. The van der Waals surface area contributed by atoms with Crippen LogP contribution in [0.1, 0.15) is 25.7 Å². The Morgan fingerprint density at radius 3 is 2.12 bits per heavy atom. The second-order valence-electron chi connectivity index (χ2n) is 4.62. The number of rotatable bonds is 3. The van der Waals surface area contributed by atoms with Gasteiger partial charge in [0.2, 0.25) is 5.91 Å². The summed E-state index contributed by atoms with van der Waals surface area (Å²) in [5.74, 6) is -0.789. The molecule has 0 unspecified atom stereocenters. The van der Waals surface area contributed by atoms with Crippen molar-refractivity contribution < 1.29 is 14.7 Å². The Kier molecular flexibility index (Phi) is 3.91. The predicted molar refractivity (Wildman–Crippen MR) is 60.1 cm³/mol. The van der Waals surface area contributed by atoms with Crippen molar-refractivity contribution in [1.82, 2.24) is 10.2 Å². The lowest BCUT2D eigenvalue weighted by Gasteiger charge is -2.41.